The first kappa shape index (κ1) is 14.3. The molecular weight excluding hydrogens is 300 g/mol. The van der Waals surface area contributed by atoms with E-state index >= 15 is 0 Å². The number of phenolic OH excluding ortho intramolecular Hbond substituents is 1. The highest BCUT2D eigenvalue weighted by Gasteiger charge is 2.11. The monoisotopic (exact) mass is 314 g/mol. The van der Waals surface area contributed by atoms with Crippen molar-refractivity contribution in [2.45, 2.75) is 13.5 Å². The van der Waals surface area contributed by atoms with Crippen LogP contribution in [0.15, 0.2) is 46.2 Å². The number of rotatable bonds is 4. The van der Waals surface area contributed by atoms with E-state index in [1.54, 1.807) is 18.2 Å². The molecule has 3 aromatic rings. The van der Waals surface area contributed by atoms with Crippen LogP contribution in [0.5, 0.6) is 5.75 Å². The Morgan fingerprint density at radius 3 is 3.00 bits per heavy atom. The smallest absolute Gasteiger partial charge is 0.217 e. The second-order valence-electron chi connectivity index (χ2n) is 4.76. The molecule has 2 aromatic heterocycles. The fourth-order valence-electron chi connectivity index (χ4n) is 1.98. The number of furan rings is 1. The number of thiazole rings is 1. The lowest BCUT2D eigenvalue weighted by molar-refractivity contribution is -0.119. The third-order valence-electron chi connectivity index (χ3n) is 3.02. The lowest BCUT2D eigenvalue weighted by atomic mass is 10.2. The first-order valence-corrected chi connectivity index (χ1v) is 7.58. The van der Waals surface area contributed by atoms with Gasteiger partial charge in [0.05, 0.1) is 6.54 Å². The molecule has 112 valence electrons. The number of hydrogen-bond donors (Lipinski definition) is 2. The minimum absolute atomic E-state index is 0.0993. The van der Waals surface area contributed by atoms with Crippen LogP contribution >= 0.6 is 11.3 Å². The Hall–Kier alpha value is -2.60. The molecular formula is C16H14N2O3S. The molecule has 0 aliphatic heterocycles. The topological polar surface area (TPSA) is 75.4 Å². The second kappa shape index (κ2) is 6.03. The molecule has 2 N–H and O–H groups in total. The number of benzene rings is 1. The van der Waals surface area contributed by atoms with Crippen molar-refractivity contribution in [2.24, 2.45) is 0 Å². The maximum atomic E-state index is 10.9. The minimum atomic E-state index is -0.0993. The molecule has 0 saturated heterocycles. The predicted octanol–water partition coefficient (Wildman–Crippen LogP) is 3.41. The zero-order chi connectivity index (χ0) is 15.5. The zero-order valence-corrected chi connectivity index (χ0v) is 12.7. The summed E-state index contributed by atoms with van der Waals surface area (Å²) >= 11 is 1.48. The van der Waals surface area contributed by atoms with Crippen LogP contribution in [0, 0.1) is 0 Å². The number of phenols is 1. The lowest BCUT2D eigenvalue weighted by Gasteiger charge is -1.98. The van der Waals surface area contributed by atoms with Crippen LogP contribution in [0.4, 0.5) is 0 Å². The van der Waals surface area contributed by atoms with Crippen LogP contribution in [0.25, 0.3) is 22.0 Å². The number of aromatic nitrogens is 1. The Morgan fingerprint density at radius 1 is 1.36 bits per heavy atom. The fraction of sp³-hybridized carbons (Fsp3) is 0.125. The van der Waals surface area contributed by atoms with E-state index in [-0.39, 0.29) is 11.7 Å². The molecule has 3 rings (SSSR count). The van der Waals surface area contributed by atoms with Gasteiger partial charge in [0, 0.05) is 17.9 Å². The van der Waals surface area contributed by atoms with Gasteiger partial charge in [-0.2, -0.15) is 0 Å². The molecule has 0 radical (unpaired) electrons. The normalized spacial score (nSPS) is 10.6. The number of hydrogen-bond acceptors (Lipinski definition) is 5. The van der Waals surface area contributed by atoms with E-state index in [1.165, 1.54) is 18.3 Å². The number of carbonyl (C=O) groups is 1. The molecule has 2 heterocycles. The number of nitrogens with zero attached hydrogens (tertiary/aromatic N) is 1. The summed E-state index contributed by atoms with van der Waals surface area (Å²) in [6.07, 6.45) is 0. The quantitative estimate of drug-likeness (QED) is 0.774. The van der Waals surface area contributed by atoms with Gasteiger partial charge in [0.1, 0.15) is 22.2 Å². The Labute approximate surface area is 131 Å². The summed E-state index contributed by atoms with van der Waals surface area (Å²) in [5.74, 6) is 1.45. The van der Waals surface area contributed by atoms with E-state index in [0.717, 1.165) is 16.3 Å². The number of aromatic hydroxyl groups is 1. The summed E-state index contributed by atoms with van der Waals surface area (Å²) in [6.45, 7) is 1.82. The summed E-state index contributed by atoms with van der Waals surface area (Å²) < 4.78 is 5.67. The Balaban J connectivity index is 1.80. The summed E-state index contributed by atoms with van der Waals surface area (Å²) in [5, 5.41) is 14.9. The van der Waals surface area contributed by atoms with Crippen LogP contribution in [-0.2, 0) is 11.3 Å². The van der Waals surface area contributed by atoms with Gasteiger partial charge in [0.25, 0.3) is 0 Å². The maximum absolute atomic E-state index is 10.9. The third-order valence-corrected chi connectivity index (χ3v) is 3.91. The van der Waals surface area contributed by atoms with Crippen molar-refractivity contribution in [2.75, 3.05) is 0 Å². The second-order valence-corrected chi connectivity index (χ2v) is 5.62. The van der Waals surface area contributed by atoms with Gasteiger partial charge in [-0.15, -0.1) is 11.3 Å². The molecule has 1 aromatic carbocycles. The van der Waals surface area contributed by atoms with Crippen LogP contribution in [0.2, 0.25) is 0 Å². The first-order chi connectivity index (χ1) is 10.6. The van der Waals surface area contributed by atoms with Gasteiger partial charge in [-0.25, -0.2) is 4.98 Å². The van der Waals surface area contributed by atoms with E-state index in [9.17, 15) is 9.90 Å². The maximum Gasteiger partial charge on any atom is 0.217 e. The van der Waals surface area contributed by atoms with E-state index in [1.807, 2.05) is 23.6 Å². The largest absolute Gasteiger partial charge is 0.508 e. The standard InChI is InChI=1S/C16H14N2O3S/c1-10(19)17-8-13-5-6-15(21-13)14-9-22-16(18-14)11-3-2-4-12(20)7-11/h2-7,9,20H,8H2,1H3,(H,17,19). The van der Waals surface area contributed by atoms with Crippen molar-refractivity contribution in [1.82, 2.24) is 10.3 Å². The molecule has 6 heteroatoms. The number of nitrogens with one attached hydrogen (secondary N) is 1. The molecule has 0 saturated carbocycles. The summed E-state index contributed by atoms with van der Waals surface area (Å²) in [5.41, 5.74) is 1.60. The van der Waals surface area contributed by atoms with Crippen molar-refractivity contribution < 1.29 is 14.3 Å². The van der Waals surface area contributed by atoms with Crippen LogP contribution in [0.3, 0.4) is 0 Å². The van der Waals surface area contributed by atoms with Crippen molar-refractivity contribution in [3.05, 3.63) is 47.5 Å². The van der Waals surface area contributed by atoms with Crippen LogP contribution in [0.1, 0.15) is 12.7 Å². The molecule has 0 spiro atoms. The molecule has 0 atom stereocenters. The van der Waals surface area contributed by atoms with Crippen LogP contribution < -0.4 is 5.32 Å². The van der Waals surface area contributed by atoms with Gasteiger partial charge >= 0.3 is 0 Å². The fourth-order valence-corrected chi connectivity index (χ4v) is 2.79. The van der Waals surface area contributed by atoms with Gasteiger partial charge in [0.15, 0.2) is 5.76 Å². The number of carbonyl (C=O) groups excluding carboxylic acids is 1. The molecule has 1 amide bonds. The molecule has 0 fully saturated rings. The van der Waals surface area contributed by atoms with Crippen molar-refractivity contribution in [3.8, 4) is 27.8 Å². The molecule has 0 aliphatic rings. The highest BCUT2D eigenvalue weighted by molar-refractivity contribution is 7.13. The molecule has 0 bridgehead atoms. The Morgan fingerprint density at radius 2 is 2.23 bits per heavy atom. The lowest BCUT2D eigenvalue weighted by Crippen LogP contribution is -2.18. The van der Waals surface area contributed by atoms with E-state index < -0.39 is 0 Å². The summed E-state index contributed by atoms with van der Waals surface area (Å²) in [6, 6.07) is 10.6. The number of amides is 1. The SMILES string of the molecule is CC(=O)NCc1ccc(-c2csc(-c3cccc(O)c3)n2)o1. The van der Waals surface area contributed by atoms with Gasteiger partial charge in [-0.05, 0) is 24.3 Å². The predicted molar refractivity (Wildman–Crippen MR) is 84.4 cm³/mol. The average molecular weight is 314 g/mol. The minimum Gasteiger partial charge on any atom is -0.508 e. The van der Waals surface area contributed by atoms with Crippen LogP contribution in [-0.4, -0.2) is 16.0 Å². The first-order valence-electron chi connectivity index (χ1n) is 6.70. The Kier molecular flexibility index (Phi) is 3.93. The van der Waals surface area contributed by atoms with Crippen molar-refractivity contribution in [3.63, 3.8) is 0 Å². The zero-order valence-electron chi connectivity index (χ0n) is 11.9. The van der Waals surface area contributed by atoms with Gasteiger partial charge in [-0.1, -0.05) is 12.1 Å². The van der Waals surface area contributed by atoms with E-state index in [2.05, 4.69) is 10.3 Å². The third kappa shape index (κ3) is 3.17. The van der Waals surface area contributed by atoms with Crippen molar-refractivity contribution >= 4 is 17.2 Å². The van der Waals surface area contributed by atoms with Crippen molar-refractivity contribution in [1.29, 1.82) is 0 Å². The van der Waals surface area contributed by atoms with Gasteiger partial charge < -0.3 is 14.8 Å². The van der Waals surface area contributed by atoms with E-state index in [0.29, 0.717) is 18.1 Å². The summed E-state index contributed by atoms with van der Waals surface area (Å²) in [7, 11) is 0. The van der Waals surface area contributed by atoms with Gasteiger partial charge in [-0.3, -0.25) is 4.79 Å². The molecule has 22 heavy (non-hydrogen) atoms. The molecule has 0 unspecified atom stereocenters. The van der Waals surface area contributed by atoms with E-state index in [4.69, 9.17) is 4.42 Å². The highest BCUT2D eigenvalue weighted by atomic mass is 32.1. The Bertz CT molecular complexity index is 807. The molecule has 0 aliphatic carbocycles. The average Bonchev–Trinajstić information content (AvgIpc) is 3.14. The summed E-state index contributed by atoms with van der Waals surface area (Å²) in [4.78, 5) is 15.4. The highest BCUT2D eigenvalue weighted by Crippen LogP contribution is 2.31. The van der Waals surface area contributed by atoms with Gasteiger partial charge in [0.2, 0.25) is 5.91 Å². The molecule has 5 nitrogen and oxygen atoms in total.